The number of hydrogen-bond acceptors (Lipinski definition) is 1. The average molecular weight is 214 g/mol. The van der Waals surface area contributed by atoms with Crippen LogP contribution in [0.25, 0.3) is 10.8 Å². The molecule has 0 N–H and O–H groups in total. The van der Waals surface area contributed by atoms with Crippen LogP contribution in [0.15, 0.2) is 36.4 Å². The van der Waals surface area contributed by atoms with Crippen LogP contribution in [0.5, 0.6) is 5.75 Å². The van der Waals surface area contributed by atoms with E-state index in [4.69, 9.17) is 4.74 Å². The topological polar surface area (TPSA) is 9.23 Å². The number of benzene rings is 2. The van der Waals surface area contributed by atoms with Gasteiger partial charge in [-0.2, -0.15) is 0 Å². The molecular formula is C15H18O. The molecule has 0 aromatic heterocycles. The molecule has 0 aliphatic carbocycles. The standard InChI is InChI=1S/C15H18O/c1-15(2,3)13-9-11-7-5-6-8-12(11)10-14(13)16-4/h5-10H,1-4H3. The van der Waals surface area contributed by atoms with Crippen molar-refractivity contribution in [2.45, 2.75) is 26.2 Å². The van der Waals surface area contributed by atoms with Gasteiger partial charge in [-0.25, -0.2) is 0 Å². The molecule has 0 atom stereocenters. The van der Waals surface area contributed by atoms with E-state index in [0.717, 1.165) is 5.75 Å². The summed E-state index contributed by atoms with van der Waals surface area (Å²) in [5.41, 5.74) is 1.36. The van der Waals surface area contributed by atoms with Gasteiger partial charge in [0, 0.05) is 5.56 Å². The predicted octanol–water partition coefficient (Wildman–Crippen LogP) is 4.15. The van der Waals surface area contributed by atoms with E-state index in [9.17, 15) is 0 Å². The third-order valence-corrected chi connectivity index (χ3v) is 2.88. The molecule has 0 spiro atoms. The lowest BCUT2D eigenvalue weighted by Crippen LogP contribution is -2.12. The predicted molar refractivity (Wildman–Crippen MR) is 69.2 cm³/mol. The van der Waals surface area contributed by atoms with Gasteiger partial charge in [0.1, 0.15) is 5.75 Å². The van der Waals surface area contributed by atoms with Crippen LogP contribution in [0.1, 0.15) is 26.3 Å². The van der Waals surface area contributed by atoms with Crippen LogP contribution in [0.4, 0.5) is 0 Å². The van der Waals surface area contributed by atoms with Crippen molar-refractivity contribution in [1.29, 1.82) is 0 Å². The SMILES string of the molecule is COc1cc2ccccc2cc1C(C)(C)C. The summed E-state index contributed by atoms with van der Waals surface area (Å²) in [4.78, 5) is 0. The number of methoxy groups -OCH3 is 1. The normalized spacial score (nSPS) is 11.8. The zero-order chi connectivity index (χ0) is 11.8. The van der Waals surface area contributed by atoms with Crippen molar-refractivity contribution >= 4 is 10.8 Å². The molecule has 0 amide bonds. The van der Waals surface area contributed by atoms with Gasteiger partial charge in [-0.15, -0.1) is 0 Å². The molecule has 1 nitrogen and oxygen atoms in total. The smallest absolute Gasteiger partial charge is 0.123 e. The fourth-order valence-corrected chi connectivity index (χ4v) is 1.97. The first-order valence-corrected chi connectivity index (χ1v) is 5.59. The minimum atomic E-state index is 0.107. The molecule has 0 saturated heterocycles. The largest absolute Gasteiger partial charge is 0.496 e. The number of fused-ring (bicyclic) bond motifs is 1. The van der Waals surface area contributed by atoms with E-state index >= 15 is 0 Å². The summed E-state index contributed by atoms with van der Waals surface area (Å²) < 4.78 is 5.48. The van der Waals surface area contributed by atoms with Crippen molar-refractivity contribution in [3.05, 3.63) is 42.0 Å². The van der Waals surface area contributed by atoms with Gasteiger partial charge in [-0.1, -0.05) is 45.0 Å². The van der Waals surface area contributed by atoms with E-state index in [-0.39, 0.29) is 5.41 Å². The van der Waals surface area contributed by atoms with Gasteiger partial charge in [0.05, 0.1) is 7.11 Å². The molecule has 2 aromatic carbocycles. The van der Waals surface area contributed by atoms with Gasteiger partial charge in [0.25, 0.3) is 0 Å². The van der Waals surface area contributed by atoms with E-state index in [1.807, 2.05) is 0 Å². The number of rotatable bonds is 1. The van der Waals surface area contributed by atoms with Crippen LogP contribution in [-0.2, 0) is 5.41 Å². The highest BCUT2D eigenvalue weighted by molar-refractivity contribution is 5.85. The zero-order valence-electron chi connectivity index (χ0n) is 10.4. The second-order valence-electron chi connectivity index (χ2n) is 5.15. The molecule has 1 heteroatoms. The molecule has 0 aliphatic heterocycles. The van der Waals surface area contributed by atoms with Crippen LogP contribution in [-0.4, -0.2) is 7.11 Å². The second kappa shape index (κ2) is 3.82. The quantitative estimate of drug-likeness (QED) is 0.693. The summed E-state index contributed by atoms with van der Waals surface area (Å²) in [6, 6.07) is 12.7. The van der Waals surface area contributed by atoms with Crippen molar-refractivity contribution in [1.82, 2.24) is 0 Å². The molecule has 0 fully saturated rings. The first-order chi connectivity index (χ1) is 7.52. The lowest BCUT2D eigenvalue weighted by molar-refractivity contribution is 0.398. The van der Waals surface area contributed by atoms with E-state index in [1.54, 1.807) is 7.11 Å². The highest BCUT2D eigenvalue weighted by Gasteiger charge is 2.19. The second-order valence-corrected chi connectivity index (χ2v) is 5.15. The van der Waals surface area contributed by atoms with E-state index < -0.39 is 0 Å². The molecule has 0 unspecified atom stereocenters. The highest BCUT2D eigenvalue weighted by Crippen LogP contribution is 2.34. The highest BCUT2D eigenvalue weighted by atomic mass is 16.5. The first-order valence-electron chi connectivity index (χ1n) is 5.59. The van der Waals surface area contributed by atoms with Crippen molar-refractivity contribution in [2.75, 3.05) is 7.11 Å². The third kappa shape index (κ3) is 1.90. The monoisotopic (exact) mass is 214 g/mol. The zero-order valence-corrected chi connectivity index (χ0v) is 10.4. The summed E-state index contributed by atoms with van der Waals surface area (Å²) in [6.07, 6.45) is 0. The Bertz CT molecular complexity index is 506. The Labute approximate surface area is 97.1 Å². The Kier molecular flexibility index (Phi) is 2.63. The molecule has 0 heterocycles. The average Bonchev–Trinajstić information content (AvgIpc) is 2.26. The summed E-state index contributed by atoms with van der Waals surface area (Å²) in [5.74, 6) is 0.978. The lowest BCUT2D eigenvalue weighted by Gasteiger charge is -2.22. The third-order valence-electron chi connectivity index (χ3n) is 2.88. The molecule has 16 heavy (non-hydrogen) atoms. The molecule has 2 aromatic rings. The van der Waals surface area contributed by atoms with Crippen LogP contribution < -0.4 is 4.74 Å². The summed E-state index contributed by atoms with van der Waals surface area (Å²) in [7, 11) is 1.74. The fourth-order valence-electron chi connectivity index (χ4n) is 1.97. The molecule has 0 bridgehead atoms. The van der Waals surface area contributed by atoms with Crippen LogP contribution >= 0.6 is 0 Å². The van der Waals surface area contributed by atoms with Gasteiger partial charge < -0.3 is 4.74 Å². The molecule has 84 valence electrons. The molecule has 0 saturated carbocycles. The van der Waals surface area contributed by atoms with Gasteiger partial charge in [0.2, 0.25) is 0 Å². The maximum atomic E-state index is 5.48. The molecular weight excluding hydrogens is 196 g/mol. The van der Waals surface area contributed by atoms with Gasteiger partial charge in [-0.3, -0.25) is 0 Å². The van der Waals surface area contributed by atoms with Crippen molar-refractivity contribution in [2.24, 2.45) is 0 Å². The Balaban J connectivity index is 2.73. The van der Waals surface area contributed by atoms with Crippen molar-refractivity contribution in [3.8, 4) is 5.75 Å². The Morgan fingerprint density at radius 2 is 1.50 bits per heavy atom. The number of hydrogen-bond donors (Lipinski definition) is 0. The molecule has 0 aliphatic rings. The van der Waals surface area contributed by atoms with E-state index in [2.05, 4.69) is 57.2 Å². The number of ether oxygens (including phenoxy) is 1. The molecule has 2 rings (SSSR count). The van der Waals surface area contributed by atoms with Crippen molar-refractivity contribution < 1.29 is 4.74 Å². The maximum Gasteiger partial charge on any atom is 0.123 e. The van der Waals surface area contributed by atoms with Crippen LogP contribution in [0, 0.1) is 0 Å². The van der Waals surface area contributed by atoms with E-state index in [1.165, 1.54) is 16.3 Å². The minimum Gasteiger partial charge on any atom is -0.496 e. The van der Waals surface area contributed by atoms with Crippen LogP contribution in [0.3, 0.4) is 0 Å². The summed E-state index contributed by atoms with van der Waals surface area (Å²) >= 11 is 0. The Morgan fingerprint density at radius 3 is 2.00 bits per heavy atom. The van der Waals surface area contributed by atoms with Gasteiger partial charge in [-0.05, 0) is 28.3 Å². The summed E-state index contributed by atoms with van der Waals surface area (Å²) in [6.45, 7) is 6.62. The van der Waals surface area contributed by atoms with Gasteiger partial charge in [0.15, 0.2) is 0 Å². The van der Waals surface area contributed by atoms with E-state index in [0.29, 0.717) is 0 Å². The van der Waals surface area contributed by atoms with Crippen LogP contribution in [0.2, 0.25) is 0 Å². The van der Waals surface area contributed by atoms with Crippen molar-refractivity contribution in [3.63, 3.8) is 0 Å². The summed E-state index contributed by atoms with van der Waals surface area (Å²) in [5, 5.41) is 2.50. The Morgan fingerprint density at radius 1 is 0.938 bits per heavy atom. The maximum absolute atomic E-state index is 5.48. The van der Waals surface area contributed by atoms with Gasteiger partial charge >= 0.3 is 0 Å². The lowest BCUT2D eigenvalue weighted by atomic mass is 9.85. The minimum absolute atomic E-state index is 0.107. The Hall–Kier alpha value is -1.50. The fraction of sp³-hybridized carbons (Fsp3) is 0.333. The first kappa shape index (κ1) is 11.0. The molecule has 0 radical (unpaired) electrons.